The highest BCUT2D eigenvalue weighted by Gasteiger charge is 2.34. The Labute approximate surface area is 147 Å². The molecule has 2 aromatic rings. The van der Waals surface area contributed by atoms with E-state index in [4.69, 9.17) is 0 Å². The van der Waals surface area contributed by atoms with E-state index in [-0.39, 0.29) is 23.4 Å². The summed E-state index contributed by atoms with van der Waals surface area (Å²) < 4.78 is 27.2. The van der Waals surface area contributed by atoms with Crippen molar-refractivity contribution in [3.63, 3.8) is 0 Å². The zero-order valence-corrected chi connectivity index (χ0v) is 14.4. The average Bonchev–Trinajstić information content (AvgIpc) is 3.42. The summed E-state index contributed by atoms with van der Waals surface area (Å²) in [5.74, 6) is -0.119. The Bertz CT molecular complexity index is 978. The maximum atomic E-state index is 12.9. The van der Waals surface area contributed by atoms with Gasteiger partial charge in [0.1, 0.15) is 0 Å². The van der Waals surface area contributed by atoms with Crippen molar-refractivity contribution >= 4 is 21.6 Å². The zero-order valence-electron chi connectivity index (χ0n) is 13.6. The average molecular weight is 354 g/mol. The van der Waals surface area contributed by atoms with Crippen LogP contribution < -0.4 is 9.62 Å². The maximum absolute atomic E-state index is 12.9. The van der Waals surface area contributed by atoms with Gasteiger partial charge in [-0.25, -0.2) is 8.42 Å². The molecule has 0 radical (unpaired) electrons. The van der Waals surface area contributed by atoms with Crippen molar-refractivity contribution in [2.24, 2.45) is 0 Å². The van der Waals surface area contributed by atoms with E-state index < -0.39 is 10.0 Å². The first kappa shape index (κ1) is 15.9. The fraction of sp³-hybridized carbons (Fsp3) is 0.211. The number of amides is 1. The van der Waals surface area contributed by atoms with Crippen LogP contribution in [0.25, 0.3) is 11.1 Å². The molecule has 5 nitrogen and oxygen atoms in total. The van der Waals surface area contributed by atoms with Gasteiger partial charge in [-0.15, -0.1) is 6.58 Å². The lowest BCUT2D eigenvalue weighted by molar-refractivity contribution is 0.0951. The molecule has 1 heterocycles. The molecule has 1 aliphatic carbocycles. The minimum absolute atomic E-state index is 0.119. The molecular formula is C19H18N2O3S. The van der Waals surface area contributed by atoms with E-state index in [0.29, 0.717) is 16.8 Å². The van der Waals surface area contributed by atoms with E-state index in [1.165, 1.54) is 4.31 Å². The summed E-state index contributed by atoms with van der Waals surface area (Å²) in [5, 5.41) is 2.97. The van der Waals surface area contributed by atoms with Crippen molar-refractivity contribution in [3.8, 4) is 11.1 Å². The maximum Gasteiger partial charge on any atom is 0.265 e. The van der Waals surface area contributed by atoms with Gasteiger partial charge in [0.15, 0.2) is 0 Å². The highest BCUT2D eigenvalue weighted by Crippen LogP contribution is 2.43. The molecule has 0 bridgehead atoms. The summed E-state index contributed by atoms with van der Waals surface area (Å²) in [6, 6.07) is 12.3. The largest absolute Gasteiger partial charge is 0.349 e. The van der Waals surface area contributed by atoms with Crippen LogP contribution in [0.5, 0.6) is 0 Å². The predicted molar refractivity (Wildman–Crippen MR) is 97.1 cm³/mol. The molecule has 1 N–H and O–H groups in total. The zero-order chi connectivity index (χ0) is 17.6. The number of hydrogen-bond donors (Lipinski definition) is 1. The van der Waals surface area contributed by atoms with Crippen LogP contribution in [0, 0.1) is 0 Å². The first-order valence-corrected chi connectivity index (χ1v) is 9.64. The Kier molecular flexibility index (Phi) is 3.65. The molecule has 1 amide bonds. The topological polar surface area (TPSA) is 66.5 Å². The van der Waals surface area contributed by atoms with Crippen molar-refractivity contribution in [1.29, 1.82) is 0 Å². The summed E-state index contributed by atoms with van der Waals surface area (Å²) >= 11 is 0. The molecule has 1 aliphatic heterocycles. The minimum Gasteiger partial charge on any atom is -0.349 e. The van der Waals surface area contributed by atoms with Gasteiger partial charge in [0.2, 0.25) is 0 Å². The van der Waals surface area contributed by atoms with Crippen LogP contribution in [0.3, 0.4) is 0 Å². The molecule has 0 saturated heterocycles. The second kappa shape index (κ2) is 5.74. The number of hydrogen-bond acceptors (Lipinski definition) is 3. The van der Waals surface area contributed by atoms with Gasteiger partial charge in [-0.05, 0) is 37.1 Å². The highest BCUT2D eigenvalue weighted by atomic mass is 32.2. The van der Waals surface area contributed by atoms with Crippen molar-refractivity contribution in [2.45, 2.75) is 23.8 Å². The number of rotatable bonds is 4. The second-order valence-corrected chi connectivity index (χ2v) is 8.13. The van der Waals surface area contributed by atoms with Crippen LogP contribution in [-0.2, 0) is 10.0 Å². The lowest BCUT2D eigenvalue weighted by Crippen LogP contribution is -2.34. The van der Waals surface area contributed by atoms with Crippen LogP contribution >= 0.6 is 0 Å². The van der Waals surface area contributed by atoms with Crippen LogP contribution in [-0.4, -0.2) is 26.9 Å². The van der Waals surface area contributed by atoms with Gasteiger partial charge in [0.05, 0.1) is 17.1 Å². The number of carbonyl (C=O) groups excluding carboxylic acids is 1. The van der Waals surface area contributed by atoms with Gasteiger partial charge in [-0.1, -0.05) is 24.3 Å². The molecule has 4 rings (SSSR count). The number of nitrogens with one attached hydrogen (secondary N) is 1. The van der Waals surface area contributed by atoms with E-state index in [0.717, 1.165) is 18.4 Å². The van der Waals surface area contributed by atoms with Crippen molar-refractivity contribution < 1.29 is 13.2 Å². The molecule has 0 spiro atoms. The molecule has 25 heavy (non-hydrogen) atoms. The van der Waals surface area contributed by atoms with E-state index in [9.17, 15) is 13.2 Å². The van der Waals surface area contributed by atoms with Gasteiger partial charge < -0.3 is 5.32 Å². The molecular weight excluding hydrogens is 336 g/mol. The van der Waals surface area contributed by atoms with Gasteiger partial charge in [-0.3, -0.25) is 9.10 Å². The molecule has 6 heteroatoms. The summed E-state index contributed by atoms with van der Waals surface area (Å²) in [4.78, 5) is 12.6. The first-order chi connectivity index (χ1) is 12.0. The SMILES string of the molecule is C=CCN1c2ccc(C(=O)NC3CC3)cc2-c2ccccc2S1(=O)=O. The fourth-order valence-electron chi connectivity index (χ4n) is 3.08. The highest BCUT2D eigenvalue weighted by molar-refractivity contribution is 7.93. The van der Waals surface area contributed by atoms with Gasteiger partial charge in [0, 0.05) is 22.7 Å². The number of nitrogens with zero attached hydrogens (tertiary/aromatic N) is 1. The minimum atomic E-state index is -3.64. The Balaban J connectivity index is 1.88. The summed E-state index contributed by atoms with van der Waals surface area (Å²) in [7, 11) is -3.64. The quantitative estimate of drug-likeness (QED) is 0.859. The van der Waals surface area contributed by atoms with Crippen molar-refractivity contribution in [1.82, 2.24) is 5.32 Å². The van der Waals surface area contributed by atoms with E-state index in [1.54, 1.807) is 48.5 Å². The lowest BCUT2D eigenvalue weighted by atomic mass is 10.00. The first-order valence-electron chi connectivity index (χ1n) is 8.20. The van der Waals surface area contributed by atoms with Crippen molar-refractivity contribution in [2.75, 3.05) is 10.8 Å². The molecule has 128 valence electrons. The lowest BCUT2D eigenvalue weighted by Gasteiger charge is -2.31. The molecule has 0 unspecified atom stereocenters. The molecule has 1 fully saturated rings. The van der Waals surface area contributed by atoms with Gasteiger partial charge in [-0.2, -0.15) is 0 Å². The predicted octanol–water partition coefficient (Wildman–Crippen LogP) is 2.94. The van der Waals surface area contributed by atoms with E-state index in [2.05, 4.69) is 11.9 Å². The third-order valence-electron chi connectivity index (χ3n) is 4.48. The number of carbonyl (C=O) groups is 1. The van der Waals surface area contributed by atoms with Crippen LogP contribution in [0.1, 0.15) is 23.2 Å². The van der Waals surface area contributed by atoms with Crippen LogP contribution in [0.15, 0.2) is 60.0 Å². The van der Waals surface area contributed by atoms with Gasteiger partial charge >= 0.3 is 0 Å². The number of sulfonamides is 1. The molecule has 2 aromatic carbocycles. The normalized spacial score (nSPS) is 17.4. The number of fused-ring (bicyclic) bond motifs is 3. The molecule has 0 atom stereocenters. The summed E-state index contributed by atoms with van der Waals surface area (Å²) in [6.07, 6.45) is 3.60. The molecule has 2 aliphatic rings. The van der Waals surface area contributed by atoms with Crippen molar-refractivity contribution in [3.05, 3.63) is 60.7 Å². The molecule has 0 aromatic heterocycles. The Hall–Kier alpha value is -2.60. The summed E-state index contributed by atoms with van der Waals surface area (Å²) in [6.45, 7) is 3.84. The Morgan fingerprint density at radius 2 is 1.96 bits per heavy atom. The number of benzene rings is 2. The van der Waals surface area contributed by atoms with Crippen LogP contribution in [0.4, 0.5) is 5.69 Å². The molecule has 1 saturated carbocycles. The smallest absolute Gasteiger partial charge is 0.265 e. The van der Waals surface area contributed by atoms with Crippen LogP contribution in [0.2, 0.25) is 0 Å². The Morgan fingerprint density at radius 3 is 2.68 bits per heavy atom. The second-order valence-electron chi connectivity index (χ2n) is 6.30. The fourth-order valence-corrected chi connectivity index (χ4v) is 4.75. The Morgan fingerprint density at radius 1 is 1.20 bits per heavy atom. The standard InChI is InChI=1S/C19H18N2O3S/c1-2-11-21-17-10-7-13(19(22)20-14-8-9-14)12-16(17)15-5-3-4-6-18(15)25(21,23)24/h2-7,10,12,14H,1,8-9,11H2,(H,20,22). The summed E-state index contributed by atoms with van der Waals surface area (Å²) in [5.41, 5.74) is 2.48. The number of anilines is 1. The van der Waals surface area contributed by atoms with Gasteiger partial charge in [0.25, 0.3) is 15.9 Å². The third kappa shape index (κ3) is 2.62. The third-order valence-corrected chi connectivity index (χ3v) is 6.32. The van der Waals surface area contributed by atoms with E-state index >= 15 is 0 Å². The monoisotopic (exact) mass is 354 g/mol. The van der Waals surface area contributed by atoms with E-state index in [1.807, 2.05) is 0 Å².